The number of guanidine groups is 1. The number of nitrogens with zero attached hydrogens (tertiary/aromatic N) is 1. The zero-order valence-electron chi connectivity index (χ0n) is 22.7. The van der Waals surface area contributed by atoms with Crippen LogP contribution in [0.2, 0.25) is 0 Å². The van der Waals surface area contributed by atoms with E-state index in [4.69, 9.17) is 25.4 Å². The van der Waals surface area contributed by atoms with Crippen LogP contribution < -0.4 is 11.1 Å². The number of nitrogens with two attached hydrogens (primary N) is 1. The first-order valence-corrected chi connectivity index (χ1v) is 13.0. The van der Waals surface area contributed by atoms with Crippen LogP contribution >= 0.6 is 0 Å². The third-order valence-corrected chi connectivity index (χ3v) is 6.09. The van der Waals surface area contributed by atoms with Gasteiger partial charge in [0.1, 0.15) is 19.8 Å². The summed E-state index contributed by atoms with van der Waals surface area (Å²) in [6.07, 6.45) is -3.55. The standard InChI is InChI=1S/C30H32N4O8.Na.H/c31-27(32)33-18-10-17-30(25(35)36,26(37)40-19-22-11-4-1-5-12-22)34(28(38)41-20-23-13-6-2-7-14-23)29(39)42-21-24-15-8-3-9-16-24;;/h1-9,11-16H,10,17-21H2,(H,35,36)(H4,31,32,33);;. The number of hydrogen-bond acceptors (Lipinski definition) is 8. The number of hydrogen-bond donors (Lipinski definition) is 4. The molecule has 3 rings (SSSR count). The van der Waals surface area contributed by atoms with E-state index in [0.717, 1.165) is 0 Å². The molecule has 0 aliphatic rings. The van der Waals surface area contributed by atoms with Gasteiger partial charge in [-0.3, -0.25) is 5.41 Å². The number of carbonyl (C=O) groups is 4. The van der Waals surface area contributed by atoms with Crippen molar-refractivity contribution >= 4 is 59.6 Å². The number of aliphatic carboxylic acids is 1. The molecule has 0 saturated carbocycles. The van der Waals surface area contributed by atoms with E-state index >= 15 is 0 Å². The SMILES string of the molecule is N=C(N)NCCCC(C(=O)O)(C(=O)OCc1ccccc1)N(C(=O)OCc1ccccc1)C(=O)OCc1ccccc1.[NaH]. The van der Waals surface area contributed by atoms with Crippen molar-refractivity contribution in [1.29, 1.82) is 5.41 Å². The second kappa shape index (κ2) is 17.5. The molecule has 0 spiro atoms. The van der Waals surface area contributed by atoms with Crippen LogP contribution in [0.4, 0.5) is 9.59 Å². The van der Waals surface area contributed by atoms with Gasteiger partial charge in [-0.1, -0.05) is 91.0 Å². The van der Waals surface area contributed by atoms with E-state index < -0.39 is 36.1 Å². The van der Waals surface area contributed by atoms with Gasteiger partial charge in [-0.15, -0.1) is 0 Å². The summed E-state index contributed by atoms with van der Waals surface area (Å²) in [6, 6.07) is 25.5. The molecule has 0 aromatic heterocycles. The molecular weight excluding hydrogens is 567 g/mol. The maximum atomic E-state index is 13.7. The first-order valence-electron chi connectivity index (χ1n) is 13.0. The van der Waals surface area contributed by atoms with Crippen molar-refractivity contribution in [2.24, 2.45) is 5.73 Å². The Kier molecular flexibility index (Phi) is 14.2. The number of rotatable bonds is 13. The molecule has 1 atom stereocenters. The zero-order chi connectivity index (χ0) is 30.4. The first-order chi connectivity index (χ1) is 20.2. The van der Waals surface area contributed by atoms with Crippen LogP contribution in [0.3, 0.4) is 0 Å². The van der Waals surface area contributed by atoms with Crippen molar-refractivity contribution in [3.63, 3.8) is 0 Å². The molecule has 0 fully saturated rings. The van der Waals surface area contributed by atoms with Gasteiger partial charge in [0.25, 0.3) is 5.54 Å². The van der Waals surface area contributed by atoms with Gasteiger partial charge < -0.3 is 30.4 Å². The number of nitrogens with one attached hydrogen (secondary N) is 2. The summed E-state index contributed by atoms with van der Waals surface area (Å²) in [4.78, 5) is 53.8. The Morgan fingerprint density at radius 3 is 1.51 bits per heavy atom. The molecule has 2 amide bonds. The summed E-state index contributed by atoms with van der Waals surface area (Å²) in [5, 5.41) is 20.4. The number of carbonyl (C=O) groups excluding carboxylic acids is 3. The molecular formula is C30H33N4NaO8. The van der Waals surface area contributed by atoms with Crippen LogP contribution in [-0.2, 0) is 43.6 Å². The van der Waals surface area contributed by atoms with Gasteiger partial charge in [0.15, 0.2) is 5.96 Å². The molecule has 222 valence electrons. The second-order valence-corrected chi connectivity index (χ2v) is 9.09. The fraction of sp³-hybridized carbons (Fsp3) is 0.233. The van der Waals surface area contributed by atoms with Crippen molar-refractivity contribution in [2.75, 3.05) is 6.54 Å². The number of amides is 2. The summed E-state index contributed by atoms with van der Waals surface area (Å²) in [7, 11) is 0. The molecule has 0 aliphatic carbocycles. The van der Waals surface area contributed by atoms with Gasteiger partial charge in [-0.05, 0) is 29.5 Å². The monoisotopic (exact) mass is 600 g/mol. The van der Waals surface area contributed by atoms with Crippen LogP contribution in [0.5, 0.6) is 0 Å². The third-order valence-electron chi connectivity index (χ3n) is 6.09. The molecule has 0 saturated heterocycles. The Labute approximate surface area is 270 Å². The van der Waals surface area contributed by atoms with Crippen molar-refractivity contribution in [3.8, 4) is 0 Å². The van der Waals surface area contributed by atoms with Crippen molar-refractivity contribution < 1.29 is 38.5 Å². The van der Waals surface area contributed by atoms with Crippen LogP contribution in [0, 0.1) is 5.41 Å². The summed E-state index contributed by atoms with van der Waals surface area (Å²) < 4.78 is 16.0. The van der Waals surface area contributed by atoms with Crippen LogP contribution in [0.1, 0.15) is 29.5 Å². The van der Waals surface area contributed by atoms with Gasteiger partial charge >= 0.3 is 53.7 Å². The van der Waals surface area contributed by atoms with E-state index in [1.54, 1.807) is 91.0 Å². The minimum atomic E-state index is -2.88. The number of esters is 1. The third kappa shape index (κ3) is 10.1. The normalized spacial score (nSPS) is 11.5. The molecule has 12 nitrogen and oxygen atoms in total. The van der Waals surface area contributed by atoms with E-state index in [1.165, 1.54) is 0 Å². The maximum absolute atomic E-state index is 13.7. The van der Waals surface area contributed by atoms with Gasteiger partial charge in [-0.2, -0.15) is 4.90 Å². The van der Waals surface area contributed by atoms with E-state index in [-0.39, 0.29) is 73.2 Å². The number of carboxylic acid groups (broad SMARTS) is 1. The van der Waals surface area contributed by atoms with Gasteiger partial charge in [-0.25, -0.2) is 19.2 Å². The average Bonchev–Trinajstić information content (AvgIpc) is 3.00. The summed E-state index contributed by atoms with van der Waals surface area (Å²) in [5.74, 6) is -3.60. The van der Waals surface area contributed by atoms with E-state index in [1.807, 2.05) is 0 Å². The van der Waals surface area contributed by atoms with Crippen molar-refractivity contribution in [2.45, 2.75) is 38.2 Å². The molecule has 0 radical (unpaired) electrons. The molecule has 3 aromatic rings. The number of imide groups is 1. The minimum absolute atomic E-state index is 0. The van der Waals surface area contributed by atoms with Gasteiger partial charge in [0.05, 0.1) is 0 Å². The Hall–Kier alpha value is -4.39. The second-order valence-electron chi connectivity index (χ2n) is 9.09. The topological polar surface area (TPSA) is 181 Å². The predicted molar refractivity (Wildman–Crippen MR) is 158 cm³/mol. The van der Waals surface area contributed by atoms with Crippen molar-refractivity contribution in [3.05, 3.63) is 108 Å². The average molecular weight is 601 g/mol. The molecule has 0 aliphatic heterocycles. The summed E-state index contributed by atoms with van der Waals surface area (Å²) >= 11 is 0. The summed E-state index contributed by atoms with van der Waals surface area (Å²) in [6.45, 7) is -1.000. The molecule has 43 heavy (non-hydrogen) atoms. The Morgan fingerprint density at radius 2 is 1.14 bits per heavy atom. The predicted octanol–water partition coefficient (Wildman–Crippen LogP) is 3.14. The summed E-state index contributed by atoms with van der Waals surface area (Å²) in [5.41, 5.74) is 4.11. The molecule has 1 unspecified atom stereocenters. The fourth-order valence-electron chi connectivity index (χ4n) is 3.96. The molecule has 5 N–H and O–H groups in total. The quantitative estimate of drug-likeness (QED) is 0.0433. The van der Waals surface area contributed by atoms with Crippen LogP contribution in [-0.4, -0.2) is 81.7 Å². The Balaban J connectivity index is 0.00000645. The molecule has 3 aromatic carbocycles. The Bertz CT molecular complexity index is 1310. The van der Waals surface area contributed by atoms with E-state index in [2.05, 4.69) is 5.32 Å². The number of carboxylic acids is 1. The van der Waals surface area contributed by atoms with Crippen LogP contribution in [0.15, 0.2) is 91.0 Å². The van der Waals surface area contributed by atoms with E-state index in [0.29, 0.717) is 16.7 Å². The van der Waals surface area contributed by atoms with Crippen LogP contribution in [0.25, 0.3) is 0 Å². The molecule has 0 bridgehead atoms. The Morgan fingerprint density at radius 1 is 0.744 bits per heavy atom. The van der Waals surface area contributed by atoms with Crippen molar-refractivity contribution in [1.82, 2.24) is 10.2 Å². The first kappa shape index (κ1) is 34.8. The number of ether oxygens (including phenoxy) is 3. The van der Waals surface area contributed by atoms with Gasteiger partial charge in [0, 0.05) is 6.54 Å². The van der Waals surface area contributed by atoms with Gasteiger partial charge in [0.2, 0.25) is 0 Å². The van der Waals surface area contributed by atoms with E-state index in [9.17, 15) is 24.3 Å². The number of benzene rings is 3. The molecule has 0 heterocycles. The fourth-order valence-corrected chi connectivity index (χ4v) is 3.96. The zero-order valence-corrected chi connectivity index (χ0v) is 22.7. The molecule has 13 heteroatoms.